The van der Waals surface area contributed by atoms with Crippen LogP contribution < -0.4 is 10.0 Å². The van der Waals surface area contributed by atoms with Crippen LogP contribution in [-0.4, -0.2) is 57.3 Å². The summed E-state index contributed by atoms with van der Waals surface area (Å²) in [5.74, 6) is -0.459. The lowest BCUT2D eigenvalue weighted by Crippen LogP contribution is -2.48. The molecular formula is C22H24N4O6S3. The number of hydrogen-bond acceptors (Lipinski definition) is 8. The molecule has 2 heterocycles. The lowest BCUT2D eigenvalue weighted by Gasteiger charge is -2.34. The Hall–Kier alpha value is -2.84. The maximum atomic E-state index is 13.0. The van der Waals surface area contributed by atoms with Crippen LogP contribution in [-0.2, 0) is 24.8 Å². The number of anilines is 2. The number of morpholine rings is 1. The number of carbonyl (C=O) groups excluding carboxylic acids is 1. The number of nitrogens with one attached hydrogen (secondary N) is 2. The fourth-order valence-corrected chi connectivity index (χ4v) is 7.00. The van der Waals surface area contributed by atoms with E-state index in [9.17, 15) is 21.6 Å². The van der Waals surface area contributed by atoms with E-state index in [1.165, 1.54) is 59.0 Å². The van der Waals surface area contributed by atoms with Crippen molar-refractivity contribution in [3.05, 3.63) is 65.7 Å². The zero-order valence-corrected chi connectivity index (χ0v) is 21.4. The third-order valence-corrected chi connectivity index (χ3v) is 9.24. The molecule has 0 unspecified atom stereocenters. The Kier molecular flexibility index (Phi) is 7.24. The number of rotatable bonds is 7. The van der Waals surface area contributed by atoms with Crippen molar-refractivity contribution in [2.24, 2.45) is 0 Å². The maximum Gasteiger partial charge on any atom is 0.263 e. The molecule has 1 aromatic heterocycles. The van der Waals surface area contributed by atoms with E-state index in [2.05, 4.69) is 15.0 Å². The Morgan fingerprint density at radius 1 is 0.971 bits per heavy atom. The summed E-state index contributed by atoms with van der Waals surface area (Å²) in [5, 5.41) is 4.58. The second-order valence-electron chi connectivity index (χ2n) is 8.02. The van der Waals surface area contributed by atoms with Crippen LogP contribution in [0.3, 0.4) is 0 Å². The summed E-state index contributed by atoms with van der Waals surface area (Å²) in [7, 11) is -7.51. The quantitative estimate of drug-likeness (QED) is 0.474. The third-order valence-electron chi connectivity index (χ3n) is 5.22. The largest absolute Gasteiger partial charge is 0.373 e. The minimum Gasteiger partial charge on any atom is -0.373 e. The van der Waals surface area contributed by atoms with Gasteiger partial charge in [0, 0.05) is 35.9 Å². The molecule has 1 aliphatic heterocycles. The summed E-state index contributed by atoms with van der Waals surface area (Å²) in [6, 6.07) is 11.3. The average Bonchev–Trinajstić information content (AvgIpc) is 3.31. The van der Waals surface area contributed by atoms with Crippen LogP contribution in [0.2, 0.25) is 0 Å². The molecule has 0 spiro atoms. The van der Waals surface area contributed by atoms with Gasteiger partial charge in [0.15, 0.2) is 5.13 Å². The molecule has 3 aromatic rings. The number of aromatic nitrogens is 1. The number of thiazole rings is 1. The first-order chi connectivity index (χ1) is 16.5. The van der Waals surface area contributed by atoms with E-state index >= 15 is 0 Å². The number of amides is 1. The molecule has 2 aromatic carbocycles. The first-order valence-electron chi connectivity index (χ1n) is 10.6. The van der Waals surface area contributed by atoms with Crippen LogP contribution >= 0.6 is 11.3 Å². The van der Waals surface area contributed by atoms with E-state index in [1.54, 1.807) is 5.38 Å². The SMILES string of the molecule is C[C@@H]1CN(S(=O)(=O)c2ccc(C(=O)Nc3ccc(S(=O)(=O)Nc4nccs4)cc3)cc2)C[C@H](C)O1. The van der Waals surface area contributed by atoms with Gasteiger partial charge in [0.25, 0.3) is 15.9 Å². The molecule has 35 heavy (non-hydrogen) atoms. The first kappa shape index (κ1) is 25.3. The Bertz CT molecular complexity index is 1380. The minimum atomic E-state index is -3.80. The second-order valence-corrected chi connectivity index (χ2v) is 12.5. The maximum absolute atomic E-state index is 13.0. The summed E-state index contributed by atoms with van der Waals surface area (Å²) >= 11 is 1.16. The van der Waals surface area contributed by atoms with Gasteiger partial charge in [-0.3, -0.25) is 9.52 Å². The highest BCUT2D eigenvalue weighted by atomic mass is 32.2. The van der Waals surface area contributed by atoms with Crippen LogP contribution in [0.5, 0.6) is 0 Å². The van der Waals surface area contributed by atoms with Crippen molar-refractivity contribution < 1.29 is 26.4 Å². The first-order valence-corrected chi connectivity index (χ1v) is 14.4. The van der Waals surface area contributed by atoms with Gasteiger partial charge >= 0.3 is 0 Å². The van der Waals surface area contributed by atoms with Crippen LogP contribution in [0.1, 0.15) is 24.2 Å². The van der Waals surface area contributed by atoms with Crippen molar-refractivity contribution in [2.45, 2.75) is 35.8 Å². The van der Waals surface area contributed by atoms with Gasteiger partial charge in [-0.1, -0.05) is 0 Å². The van der Waals surface area contributed by atoms with E-state index < -0.39 is 26.0 Å². The van der Waals surface area contributed by atoms with Crippen molar-refractivity contribution in [2.75, 3.05) is 23.1 Å². The molecule has 0 aliphatic carbocycles. The molecule has 10 nitrogen and oxygen atoms in total. The Balaban J connectivity index is 1.42. The zero-order chi connectivity index (χ0) is 25.2. The molecule has 0 saturated carbocycles. The van der Waals surface area contributed by atoms with E-state index in [4.69, 9.17) is 4.74 Å². The van der Waals surface area contributed by atoms with Crippen molar-refractivity contribution in [3.63, 3.8) is 0 Å². The van der Waals surface area contributed by atoms with Gasteiger partial charge < -0.3 is 10.1 Å². The van der Waals surface area contributed by atoms with Crippen LogP contribution in [0.15, 0.2) is 69.9 Å². The molecular weight excluding hydrogens is 512 g/mol. The minimum absolute atomic E-state index is 0.0204. The monoisotopic (exact) mass is 536 g/mol. The van der Waals surface area contributed by atoms with Crippen molar-refractivity contribution in [1.29, 1.82) is 0 Å². The van der Waals surface area contributed by atoms with E-state index in [1.807, 2.05) is 13.8 Å². The highest BCUT2D eigenvalue weighted by Gasteiger charge is 2.32. The Morgan fingerprint density at radius 2 is 1.57 bits per heavy atom. The number of carbonyl (C=O) groups is 1. The highest BCUT2D eigenvalue weighted by Crippen LogP contribution is 2.23. The fraction of sp³-hybridized carbons (Fsp3) is 0.273. The fourth-order valence-electron chi connectivity index (χ4n) is 3.62. The Morgan fingerprint density at radius 3 is 2.14 bits per heavy atom. The summed E-state index contributed by atoms with van der Waals surface area (Å²) in [4.78, 5) is 16.6. The van der Waals surface area contributed by atoms with Gasteiger partial charge in [-0.05, 0) is 62.4 Å². The molecule has 0 bridgehead atoms. The molecule has 0 radical (unpaired) electrons. The average molecular weight is 537 g/mol. The van der Waals surface area contributed by atoms with E-state index in [-0.39, 0.29) is 45.8 Å². The summed E-state index contributed by atoms with van der Waals surface area (Å²) in [5.41, 5.74) is 0.644. The topological polar surface area (TPSA) is 135 Å². The molecule has 1 aliphatic rings. The summed E-state index contributed by atoms with van der Waals surface area (Å²) in [6.45, 7) is 4.18. The van der Waals surface area contributed by atoms with Gasteiger partial charge in [0.05, 0.1) is 22.0 Å². The molecule has 4 rings (SSSR count). The highest BCUT2D eigenvalue weighted by molar-refractivity contribution is 7.93. The number of benzene rings is 2. The van der Waals surface area contributed by atoms with Gasteiger partial charge in [0.1, 0.15) is 0 Å². The lowest BCUT2D eigenvalue weighted by molar-refractivity contribution is -0.0440. The predicted octanol–water partition coefficient (Wildman–Crippen LogP) is 2.99. The molecule has 13 heteroatoms. The summed E-state index contributed by atoms with van der Waals surface area (Å²) in [6.07, 6.45) is 1.08. The second kappa shape index (κ2) is 10.0. The lowest BCUT2D eigenvalue weighted by atomic mass is 10.2. The van der Waals surface area contributed by atoms with Crippen LogP contribution in [0.4, 0.5) is 10.8 Å². The zero-order valence-electron chi connectivity index (χ0n) is 18.9. The Labute approximate surface area is 208 Å². The molecule has 1 saturated heterocycles. The number of sulfonamides is 2. The van der Waals surface area contributed by atoms with Gasteiger partial charge in [-0.25, -0.2) is 21.8 Å². The molecule has 2 atom stereocenters. The number of ether oxygens (including phenoxy) is 1. The van der Waals surface area contributed by atoms with E-state index in [0.717, 1.165) is 11.3 Å². The predicted molar refractivity (Wildman–Crippen MR) is 133 cm³/mol. The number of hydrogen-bond donors (Lipinski definition) is 2. The number of nitrogens with zero attached hydrogens (tertiary/aromatic N) is 2. The van der Waals surface area contributed by atoms with Gasteiger partial charge in [-0.2, -0.15) is 4.31 Å². The van der Waals surface area contributed by atoms with Gasteiger partial charge in [0.2, 0.25) is 10.0 Å². The van der Waals surface area contributed by atoms with Crippen LogP contribution in [0.25, 0.3) is 0 Å². The normalized spacial score (nSPS) is 19.3. The van der Waals surface area contributed by atoms with Crippen molar-refractivity contribution >= 4 is 48.1 Å². The third kappa shape index (κ3) is 5.87. The standard InChI is InChI=1S/C22H24N4O6S3/c1-15-13-26(14-16(2)32-15)35(30,31)20-7-3-17(4-8-20)21(27)24-18-5-9-19(10-6-18)34(28,29)25-22-23-11-12-33-22/h3-12,15-16H,13-14H2,1-2H3,(H,23,25)(H,24,27)/t15-,16+. The molecule has 1 amide bonds. The molecule has 2 N–H and O–H groups in total. The van der Waals surface area contributed by atoms with Gasteiger partial charge in [-0.15, -0.1) is 11.3 Å². The van der Waals surface area contributed by atoms with E-state index in [0.29, 0.717) is 5.69 Å². The smallest absolute Gasteiger partial charge is 0.263 e. The summed E-state index contributed by atoms with van der Waals surface area (Å²) < 4.78 is 60.2. The van der Waals surface area contributed by atoms with Crippen LogP contribution in [0, 0.1) is 0 Å². The molecule has 1 fully saturated rings. The van der Waals surface area contributed by atoms with Crippen molar-refractivity contribution in [1.82, 2.24) is 9.29 Å². The van der Waals surface area contributed by atoms with Crippen molar-refractivity contribution in [3.8, 4) is 0 Å². The molecule has 186 valence electrons.